The van der Waals surface area contributed by atoms with E-state index in [0.717, 1.165) is 6.42 Å². The Hall–Kier alpha value is -0.625. The first-order valence-corrected chi connectivity index (χ1v) is 6.34. The molecule has 104 valence electrons. The van der Waals surface area contributed by atoms with Crippen LogP contribution < -0.4 is 5.32 Å². The Morgan fingerprint density at radius 2 is 2.17 bits per heavy atom. The molecule has 0 aliphatic carbocycles. The molecule has 7 heteroatoms. The molecule has 2 atom stereocenters. The topological polar surface area (TPSA) is 93.0 Å². The molecule has 4 N–H and O–H groups in total. The standard InChI is InChI=1S/C11H23BN2O4/c1-14(2)8-11(4-3-6-12(17)18)5-7-13-9(11)10(15)16/h9,13,17-18H,3-8H2,1-2H3,(H,15,16). The van der Waals surface area contributed by atoms with Gasteiger partial charge in [0.05, 0.1) is 0 Å². The predicted octanol–water partition coefficient (Wildman–Crippen LogP) is -0.766. The van der Waals surface area contributed by atoms with Gasteiger partial charge in [0.2, 0.25) is 0 Å². The fraction of sp³-hybridized carbons (Fsp3) is 0.909. The first kappa shape index (κ1) is 15.4. The van der Waals surface area contributed by atoms with E-state index in [4.69, 9.17) is 10.0 Å². The molecule has 1 aliphatic rings. The lowest BCUT2D eigenvalue weighted by Gasteiger charge is -2.35. The third kappa shape index (κ3) is 3.95. The van der Waals surface area contributed by atoms with Crippen LogP contribution in [0.2, 0.25) is 6.32 Å². The average Bonchev–Trinajstić information content (AvgIpc) is 2.60. The molecule has 6 nitrogen and oxygen atoms in total. The van der Waals surface area contributed by atoms with E-state index in [1.807, 2.05) is 19.0 Å². The Bertz CT molecular complexity index is 288. The highest BCUT2D eigenvalue weighted by molar-refractivity contribution is 6.40. The van der Waals surface area contributed by atoms with Crippen LogP contribution >= 0.6 is 0 Å². The van der Waals surface area contributed by atoms with Gasteiger partial charge in [-0.25, -0.2) is 0 Å². The molecular weight excluding hydrogens is 235 g/mol. The zero-order valence-corrected chi connectivity index (χ0v) is 11.1. The van der Waals surface area contributed by atoms with Crippen molar-refractivity contribution >= 4 is 13.1 Å². The van der Waals surface area contributed by atoms with Gasteiger partial charge < -0.3 is 25.4 Å². The number of hydrogen-bond acceptors (Lipinski definition) is 5. The van der Waals surface area contributed by atoms with Gasteiger partial charge in [-0.05, 0) is 39.8 Å². The first-order chi connectivity index (χ1) is 8.37. The average molecular weight is 258 g/mol. The van der Waals surface area contributed by atoms with Gasteiger partial charge in [0.15, 0.2) is 0 Å². The molecule has 0 spiro atoms. The van der Waals surface area contributed by atoms with Crippen molar-refractivity contribution in [2.24, 2.45) is 5.41 Å². The molecule has 18 heavy (non-hydrogen) atoms. The van der Waals surface area contributed by atoms with Crippen molar-refractivity contribution in [2.75, 3.05) is 27.2 Å². The SMILES string of the molecule is CN(C)CC1(CCCB(O)O)CCNC1C(=O)O. The summed E-state index contributed by atoms with van der Waals surface area (Å²) in [5, 5.41) is 30.1. The molecule has 0 bridgehead atoms. The van der Waals surface area contributed by atoms with Gasteiger partial charge in [0.1, 0.15) is 6.04 Å². The zero-order chi connectivity index (χ0) is 13.8. The van der Waals surface area contributed by atoms with Crippen LogP contribution in [0.3, 0.4) is 0 Å². The van der Waals surface area contributed by atoms with Crippen molar-refractivity contribution in [2.45, 2.75) is 31.6 Å². The van der Waals surface area contributed by atoms with E-state index in [2.05, 4.69) is 5.32 Å². The number of carbonyl (C=O) groups is 1. The second kappa shape index (κ2) is 6.52. The molecular formula is C11H23BN2O4. The van der Waals surface area contributed by atoms with Gasteiger partial charge in [-0.2, -0.15) is 0 Å². The zero-order valence-electron chi connectivity index (χ0n) is 11.1. The van der Waals surface area contributed by atoms with Crippen LogP contribution in [0.4, 0.5) is 0 Å². The first-order valence-electron chi connectivity index (χ1n) is 6.34. The van der Waals surface area contributed by atoms with E-state index in [1.54, 1.807) is 0 Å². The lowest BCUT2D eigenvalue weighted by atomic mass is 9.72. The normalized spacial score (nSPS) is 27.7. The van der Waals surface area contributed by atoms with Gasteiger partial charge in [-0.15, -0.1) is 0 Å². The molecule has 2 unspecified atom stereocenters. The number of aliphatic carboxylic acids is 1. The Labute approximate surface area is 108 Å². The van der Waals surface area contributed by atoms with E-state index in [9.17, 15) is 9.90 Å². The Balaban J connectivity index is 2.71. The second-order valence-electron chi connectivity index (χ2n) is 5.45. The van der Waals surface area contributed by atoms with Crippen molar-refractivity contribution < 1.29 is 19.9 Å². The van der Waals surface area contributed by atoms with E-state index in [0.29, 0.717) is 32.3 Å². The number of carboxylic acids is 1. The molecule has 1 aliphatic heterocycles. The third-order valence-electron chi connectivity index (χ3n) is 3.60. The summed E-state index contributed by atoms with van der Waals surface area (Å²) in [6.45, 7) is 1.39. The van der Waals surface area contributed by atoms with Gasteiger partial charge in [-0.1, -0.05) is 6.42 Å². The summed E-state index contributed by atoms with van der Waals surface area (Å²) in [7, 11) is 2.55. The highest BCUT2D eigenvalue weighted by Gasteiger charge is 2.46. The quantitative estimate of drug-likeness (QED) is 0.448. The van der Waals surface area contributed by atoms with Crippen molar-refractivity contribution in [1.29, 1.82) is 0 Å². The molecule has 0 saturated carbocycles. The molecule has 0 radical (unpaired) electrons. The maximum absolute atomic E-state index is 11.3. The smallest absolute Gasteiger partial charge is 0.451 e. The van der Waals surface area contributed by atoms with Crippen molar-refractivity contribution in [1.82, 2.24) is 10.2 Å². The van der Waals surface area contributed by atoms with Crippen LogP contribution in [0.25, 0.3) is 0 Å². The number of nitrogens with one attached hydrogen (secondary N) is 1. The summed E-state index contributed by atoms with van der Waals surface area (Å²) in [6, 6.07) is -0.546. The van der Waals surface area contributed by atoms with Crippen LogP contribution in [0.1, 0.15) is 19.3 Å². The summed E-state index contributed by atoms with van der Waals surface area (Å²) in [5.41, 5.74) is -0.315. The van der Waals surface area contributed by atoms with Crippen LogP contribution in [-0.4, -0.2) is 66.4 Å². The molecule has 0 aromatic heterocycles. The molecule has 0 aromatic carbocycles. The fourth-order valence-electron chi connectivity index (χ4n) is 2.96. The van der Waals surface area contributed by atoms with E-state index in [1.165, 1.54) is 0 Å². The fourth-order valence-corrected chi connectivity index (χ4v) is 2.96. The van der Waals surface area contributed by atoms with Crippen LogP contribution in [-0.2, 0) is 4.79 Å². The summed E-state index contributed by atoms with van der Waals surface area (Å²) < 4.78 is 0. The van der Waals surface area contributed by atoms with Crippen LogP contribution in [0.5, 0.6) is 0 Å². The largest absolute Gasteiger partial charge is 0.480 e. The second-order valence-corrected chi connectivity index (χ2v) is 5.45. The van der Waals surface area contributed by atoms with Gasteiger partial charge in [0.25, 0.3) is 0 Å². The Kier molecular flexibility index (Phi) is 5.59. The summed E-state index contributed by atoms with van der Waals surface area (Å²) in [6.07, 6.45) is 2.41. The van der Waals surface area contributed by atoms with Gasteiger partial charge in [-0.3, -0.25) is 4.79 Å². The molecule has 1 fully saturated rings. The number of hydrogen-bond donors (Lipinski definition) is 4. The Morgan fingerprint density at radius 1 is 1.50 bits per heavy atom. The van der Waals surface area contributed by atoms with Crippen molar-refractivity contribution in [3.05, 3.63) is 0 Å². The number of carboxylic acid groups (broad SMARTS) is 1. The summed E-state index contributed by atoms with van der Waals surface area (Å²) in [4.78, 5) is 13.3. The van der Waals surface area contributed by atoms with Crippen molar-refractivity contribution in [3.8, 4) is 0 Å². The maximum atomic E-state index is 11.3. The van der Waals surface area contributed by atoms with E-state index < -0.39 is 19.1 Å². The molecule has 0 amide bonds. The van der Waals surface area contributed by atoms with E-state index >= 15 is 0 Å². The molecule has 1 rings (SSSR count). The lowest BCUT2D eigenvalue weighted by molar-refractivity contribution is -0.142. The highest BCUT2D eigenvalue weighted by atomic mass is 16.4. The van der Waals surface area contributed by atoms with Crippen molar-refractivity contribution in [3.63, 3.8) is 0 Å². The lowest BCUT2D eigenvalue weighted by Crippen LogP contribution is -2.48. The number of rotatable bonds is 7. The summed E-state index contributed by atoms with van der Waals surface area (Å²) in [5.74, 6) is -0.820. The van der Waals surface area contributed by atoms with Crippen LogP contribution in [0.15, 0.2) is 0 Å². The Morgan fingerprint density at radius 3 is 2.67 bits per heavy atom. The third-order valence-corrected chi connectivity index (χ3v) is 3.60. The monoisotopic (exact) mass is 258 g/mol. The van der Waals surface area contributed by atoms with Crippen LogP contribution in [0, 0.1) is 5.41 Å². The minimum absolute atomic E-state index is 0.293. The minimum atomic E-state index is -1.31. The minimum Gasteiger partial charge on any atom is -0.480 e. The molecule has 1 saturated heterocycles. The summed E-state index contributed by atoms with van der Waals surface area (Å²) >= 11 is 0. The predicted molar refractivity (Wildman–Crippen MR) is 69.3 cm³/mol. The van der Waals surface area contributed by atoms with Gasteiger partial charge in [0, 0.05) is 12.0 Å². The highest BCUT2D eigenvalue weighted by Crippen LogP contribution is 2.37. The molecule has 1 heterocycles. The maximum Gasteiger partial charge on any atom is 0.451 e. The number of nitrogens with zero attached hydrogens (tertiary/aromatic N) is 1. The molecule has 0 aromatic rings. The van der Waals surface area contributed by atoms with Gasteiger partial charge >= 0.3 is 13.1 Å². The van der Waals surface area contributed by atoms with E-state index in [-0.39, 0.29) is 5.41 Å².